The Morgan fingerprint density at radius 1 is 1.03 bits per heavy atom. The van der Waals surface area contributed by atoms with Crippen molar-refractivity contribution in [3.05, 3.63) is 65.2 Å². The second kappa shape index (κ2) is 7.21. The van der Waals surface area contributed by atoms with Crippen LogP contribution in [0, 0.1) is 0 Å². The smallest absolute Gasteiger partial charge is 0.419 e. The first kappa shape index (κ1) is 19.5. The van der Waals surface area contributed by atoms with Crippen LogP contribution in [-0.4, -0.2) is 35.3 Å². The maximum absolute atomic E-state index is 13.4. The predicted octanol–water partition coefficient (Wildman–Crippen LogP) is 4.27. The number of fused-ring (bicyclic) bond motifs is 1. The van der Waals surface area contributed by atoms with Gasteiger partial charge in [-0.15, -0.1) is 0 Å². The molecule has 1 amide bonds. The number of hydrogen-bond donors (Lipinski definition) is 0. The maximum Gasteiger partial charge on any atom is 0.419 e. The van der Waals surface area contributed by atoms with Crippen molar-refractivity contribution in [2.24, 2.45) is 0 Å². The molecule has 29 heavy (non-hydrogen) atoms. The minimum Gasteiger partial charge on any atom is -0.485 e. The molecule has 0 unspecified atom stereocenters. The average molecular weight is 403 g/mol. The van der Waals surface area contributed by atoms with Crippen molar-refractivity contribution in [2.75, 3.05) is 13.1 Å². The van der Waals surface area contributed by atoms with E-state index in [1.165, 1.54) is 12.1 Å². The molecule has 4 nitrogen and oxygen atoms in total. The standard InChI is InChI=1S/C22H20F3NO3/c23-22(24,25)17-8-4-7-16-18(27)14-21(29-20(16)17)9-11-26(12-10-21)19(28)13-15-5-2-1-3-6-15/h1-8H,9-14H2. The first-order valence-corrected chi connectivity index (χ1v) is 9.52. The van der Waals surface area contributed by atoms with Crippen molar-refractivity contribution in [1.82, 2.24) is 4.90 Å². The van der Waals surface area contributed by atoms with E-state index in [-0.39, 0.29) is 35.8 Å². The summed E-state index contributed by atoms with van der Waals surface area (Å²) in [5.41, 5.74) is -1.03. The summed E-state index contributed by atoms with van der Waals surface area (Å²) < 4.78 is 46.0. The van der Waals surface area contributed by atoms with Crippen LogP contribution in [0.25, 0.3) is 0 Å². The molecule has 2 aliphatic rings. The Kier molecular flexibility index (Phi) is 4.84. The lowest BCUT2D eigenvalue weighted by Crippen LogP contribution is -2.52. The Labute approximate surface area is 166 Å². The second-order valence-corrected chi connectivity index (χ2v) is 7.61. The number of benzene rings is 2. The van der Waals surface area contributed by atoms with Crippen molar-refractivity contribution in [2.45, 2.75) is 37.5 Å². The number of hydrogen-bond acceptors (Lipinski definition) is 3. The van der Waals surface area contributed by atoms with Gasteiger partial charge in [-0.3, -0.25) is 9.59 Å². The van der Waals surface area contributed by atoms with E-state index in [9.17, 15) is 22.8 Å². The van der Waals surface area contributed by atoms with E-state index in [1.807, 2.05) is 30.3 Å². The quantitative estimate of drug-likeness (QED) is 0.752. The van der Waals surface area contributed by atoms with Gasteiger partial charge in [0, 0.05) is 25.9 Å². The highest BCUT2D eigenvalue weighted by molar-refractivity contribution is 6.00. The molecule has 1 saturated heterocycles. The molecule has 2 heterocycles. The van der Waals surface area contributed by atoms with E-state index in [1.54, 1.807) is 4.90 Å². The maximum atomic E-state index is 13.4. The van der Waals surface area contributed by atoms with Crippen LogP contribution in [0.3, 0.4) is 0 Å². The number of carbonyl (C=O) groups is 2. The third-order valence-electron chi connectivity index (χ3n) is 5.65. The summed E-state index contributed by atoms with van der Waals surface area (Å²) in [6.07, 6.45) is -3.65. The van der Waals surface area contributed by atoms with Crippen LogP contribution in [0.1, 0.15) is 40.7 Å². The summed E-state index contributed by atoms with van der Waals surface area (Å²) in [6.45, 7) is 0.699. The molecule has 152 valence electrons. The monoisotopic (exact) mass is 403 g/mol. The summed E-state index contributed by atoms with van der Waals surface area (Å²) in [7, 11) is 0. The number of halogens is 3. The van der Waals surface area contributed by atoms with E-state index in [0.29, 0.717) is 25.9 Å². The molecular weight excluding hydrogens is 383 g/mol. The van der Waals surface area contributed by atoms with Crippen LogP contribution in [-0.2, 0) is 17.4 Å². The SMILES string of the molecule is O=C1CC2(CCN(C(=O)Cc3ccccc3)CC2)Oc2c1cccc2C(F)(F)F. The number of para-hydroxylation sites is 1. The summed E-state index contributed by atoms with van der Waals surface area (Å²) in [6, 6.07) is 12.9. The highest BCUT2D eigenvalue weighted by Gasteiger charge is 2.47. The number of Topliss-reactive ketones (excluding diaryl/α,β-unsaturated/α-hetero) is 1. The van der Waals surface area contributed by atoms with Crippen molar-refractivity contribution >= 4 is 11.7 Å². The number of rotatable bonds is 2. The van der Waals surface area contributed by atoms with E-state index in [2.05, 4.69) is 0 Å². The molecule has 2 aliphatic heterocycles. The number of ether oxygens (including phenoxy) is 1. The van der Waals surface area contributed by atoms with Crippen molar-refractivity contribution in [3.8, 4) is 5.75 Å². The average Bonchev–Trinajstić information content (AvgIpc) is 2.68. The van der Waals surface area contributed by atoms with Crippen LogP contribution < -0.4 is 4.74 Å². The molecule has 0 saturated carbocycles. The first-order valence-electron chi connectivity index (χ1n) is 9.52. The molecule has 0 N–H and O–H groups in total. The minimum absolute atomic E-state index is 0.0203. The Morgan fingerprint density at radius 3 is 2.38 bits per heavy atom. The zero-order valence-corrected chi connectivity index (χ0v) is 15.7. The van der Waals surface area contributed by atoms with Gasteiger partial charge in [0.2, 0.25) is 5.91 Å². The number of likely N-dealkylation sites (tertiary alicyclic amines) is 1. The van der Waals surface area contributed by atoms with Crippen LogP contribution in [0.15, 0.2) is 48.5 Å². The lowest BCUT2D eigenvalue weighted by molar-refractivity contribution is -0.141. The van der Waals surface area contributed by atoms with Crippen LogP contribution >= 0.6 is 0 Å². The summed E-state index contributed by atoms with van der Waals surface area (Å²) >= 11 is 0. The van der Waals surface area contributed by atoms with Gasteiger partial charge in [0.15, 0.2) is 5.78 Å². The fourth-order valence-corrected chi connectivity index (χ4v) is 4.05. The molecule has 1 spiro atoms. The van der Waals surface area contributed by atoms with Crippen molar-refractivity contribution < 1.29 is 27.5 Å². The topological polar surface area (TPSA) is 46.6 Å². The van der Waals surface area contributed by atoms with Crippen LogP contribution in [0.2, 0.25) is 0 Å². The van der Waals surface area contributed by atoms with Crippen molar-refractivity contribution in [1.29, 1.82) is 0 Å². The zero-order valence-electron chi connectivity index (χ0n) is 15.7. The molecule has 0 atom stereocenters. The van der Waals surface area contributed by atoms with Gasteiger partial charge in [-0.2, -0.15) is 13.2 Å². The molecule has 0 bridgehead atoms. The van der Waals surface area contributed by atoms with E-state index < -0.39 is 17.3 Å². The van der Waals surface area contributed by atoms with Gasteiger partial charge in [-0.05, 0) is 17.7 Å². The number of ketones is 1. The Hall–Kier alpha value is -2.83. The third kappa shape index (κ3) is 3.86. The van der Waals surface area contributed by atoms with E-state index >= 15 is 0 Å². The second-order valence-electron chi connectivity index (χ2n) is 7.61. The van der Waals surface area contributed by atoms with Gasteiger partial charge in [-0.25, -0.2) is 0 Å². The number of alkyl halides is 3. The number of piperidine rings is 1. The normalized spacial score (nSPS) is 18.3. The fraction of sp³-hybridized carbons (Fsp3) is 0.364. The molecule has 2 aromatic rings. The minimum atomic E-state index is -4.60. The fourth-order valence-electron chi connectivity index (χ4n) is 4.05. The molecule has 4 rings (SSSR count). The molecule has 0 aromatic heterocycles. The number of amides is 1. The lowest BCUT2D eigenvalue weighted by atomic mass is 9.81. The van der Waals surface area contributed by atoms with Crippen LogP contribution in [0.4, 0.5) is 13.2 Å². The van der Waals surface area contributed by atoms with Gasteiger partial charge in [-0.1, -0.05) is 36.4 Å². The highest BCUT2D eigenvalue weighted by Crippen LogP contribution is 2.45. The summed E-state index contributed by atoms with van der Waals surface area (Å²) in [5.74, 6) is -0.758. The third-order valence-corrected chi connectivity index (χ3v) is 5.65. The van der Waals surface area contributed by atoms with Gasteiger partial charge in [0.25, 0.3) is 0 Å². The predicted molar refractivity (Wildman–Crippen MR) is 99.7 cm³/mol. The molecule has 1 fully saturated rings. The van der Waals surface area contributed by atoms with Gasteiger partial charge in [0.05, 0.1) is 24.0 Å². The molecule has 7 heteroatoms. The highest BCUT2D eigenvalue weighted by atomic mass is 19.4. The number of carbonyl (C=O) groups excluding carboxylic acids is 2. The number of nitrogens with zero attached hydrogens (tertiary/aromatic N) is 1. The van der Waals surface area contributed by atoms with Crippen molar-refractivity contribution in [3.63, 3.8) is 0 Å². The van der Waals surface area contributed by atoms with E-state index in [4.69, 9.17) is 4.74 Å². The first-order chi connectivity index (χ1) is 13.8. The Balaban J connectivity index is 1.49. The zero-order chi connectivity index (χ0) is 20.6. The molecule has 0 aliphatic carbocycles. The Morgan fingerprint density at radius 2 is 1.72 bits per heavy atom. The molecule has 0 radical (unpaired) electrons. The summed E-state index contributed by atoms with van der Waals surface area (Å²) in [4.78, 5) is 26.8. The Bertz CT molecular complexity index is 932. The van der Waals surface area contributed by atoms with Gasteiger partial charge < -0.3 is 9.64 Å². The lowest BCUT2D eigenvalue weighted by Gasteiger charge is -2.44. The summed E-state index contributed by atoms with van der Waals surface area (Å²) in [5, 5.41) is 0. The van der Waals surface area contributed by atoms with Crippen LogP contribution in [0.5, 0.6) is 5.75 Å². The molecular formula is C22H20F3NO3. The molecule has 2 aromatic carbocycles. The largest absolute Gasteiger partial charge is 0.485 e. The van der Waals surface area contributed by atoms with E-state index in [0.717, 1.165) is 11.6 Å². The van der Waals surface area contributed by atoms with Gasteiger partial charge in [0.1, 0.15) is 11.4 Å². The van der Waals surface area contributed by atoms with Gasteiger partial charge >= 0.3 is 6.18 Å².